The first-order valence-corrected chi connectivity index (χ1v) is 7.62. The van der Waals surface area contributed by atoms with E-state index >= 15 is 0 Å². The molecule has 0 saturated carbocycles. The van der Waals surface area contributed by atoms with Crippen molar-refractivity contribution in [2.24, 2.45) is 0 Å². The van der Waals surface area contributed by atoms with Crippen molar-refractivity contribution in [3.63, 3.8) is 0 Å². The molecule has 0 atom stereocenters. The average molecular weight is 428 g/mol. The molecule has 8 heteroatoms. The van der Waals surface area contributed by atoms with Crippen LogP contribution in [0.4, 0.5) is 8.78 Å². The number of halogens is 4. The fourth-order valence-electron chi connectivity index (χ4n) is 1.85. The third-order valence-corrected chi connectivity index (χ3v) is 4.17. The lowest BCUT2D eigenvalue weighted by Gasteiger charge is -2.05. The van der Waals surface area contributed by atoms with Crippen LogP contribution < -0.4 is 0 Å². The molecule has 4 nitrogen and oxygen atoms in total. The van der Waals surface area contributed by atoms with Gasteiger partial charge in [0.15, 0.2) is 0 Å². The van der Waals surface area contributed by atoms with Crippen molar-refractivity contribution in [2.75, 3.05) is 0 Å². The van der Waals surface area contributed by atoms with E-state index in [1.807, 2.05) is 0 Å². The zero-order valence-electron chi connectivity index (χ0n) is 10.8. The topological polar surface area (TPSA) is 51.6 Å². The molecule has 1 heterocycles. The maximum atomic E-state index is 13.9. The van der Waals surface area contributed by atoms with Gasteiger partial charge in [-0.15, -0.1) is 20.4 Å². The van der Waals surface area contributed by atoms with Gasteiger partial charge in [-0.3, -0.25) is 0 Å². The van der Waals surface area contributed by atoms with Crippen molar-refractivity contribution in [1.82, 2.24) is 20.4 Å². The van der Waals surface area contributed by atoms with Gasteiger partial charge in [0, 0.05) is 8.95 Å². The number of nitrogens with zero attached hydrogens (tertiary/aromatic N) is 4. The van der Waals surface area contributed by atoms with Gasteiger partial charge in [0.05, 0.1) is 11.1 Å². The Hall–Kier alpha value is -1.80. The molecule has 0 amide bonds. The number of hydrogen-bond acceptors (Lipinski definition) is 4. The monoisotopic (exact) mass is 426 g/mol. The fraction of sp³-hybridized carbons (Fsp3) is 0. The second-order valence-corrected chi connectivity index (χ2v) is 5.95. The second-order valence-electron chi connectivity index (χ2n) is 4.24. The first-order valence-electron chi connectivity index (χ1n) is 6.04. The number of benzene rings is 2. The molecule has 0 bridgehead atoms. The Kier molecular flexibility index (Phi) is 4.21. The van der Waals surface area contributed by atoms with Crippen molar-refractivity contribution in [1.29, 1.82) is 0 Å². The van der Waals surface area contributed by atoms with E-state index < -0.39 is 11.6 Å². The zero-order chi connectivity index (χ0) is 15.7. The molecule has 3 rings (SSSR count). The highest BCUT2D eigenvalue weighted by atomic mass is 79.9. The van der Waals surface area contributed by atoms with E-state index in [0.29, 0.717) is 8.95 Å². The van der Waals surface area contributed by atoms with Gasteiger partial charge in [-0.25, -0.2) is 8.78 Å². The summed E-state index contributed by atoms with van der Waals surface area (Å²) in [4.78, 5) is 0. The van der Waals surface area contributed by atoms with Crippen LogP contribution in [0.2, 0.25) is 0 Å². The van der Waals surface area contributed by atoms with E-state index in [4.69, 9.17) is 0 Å². The van der Waals surface area contributed by atoms with Crippen molar-refractivity contribution < 1.29 is 8.78 Å². The molecule has 0 N–H and O–H groups in total. The van der Waals surface area contributed by atoms with Crippen LogP contribution in [0, 0.1) is 11.6 Å². The smallest absolute Gasteiger partial charge is 0.206 e. The minimum Gasteiger partial charge on any atom is -0.206 e. The molecule has 0 radical (unpaired) electrons. The highest BCUT2D eigenvalue weighted by Crippen LogP contribution is 2.30. The van der Waals surface area contributed by atoms with Crippen molar-refractivity contribution in [2.45, 2.75) is 0 Å². The molecule has 0 fully saturated rings. The van der Waals surface area contributed by atoms with Gasteiger partial charge >= 0.3 is 0 Å². The van der Waals surface area contributed by atoms with Crippen molar-refractivity contribution in [3.8, 4) is 22.8 Å². The molecular weight excluding hydrogens is 422 g/mol. The highest BCUT2D eigenvalue weighted by molar-refractivity contribution is 9.11. The predicted molar refractivity (Wildman–Crippen MR) is 83.8 cm³/mol. The summed E-state index contributed by atoms with van der Waals surface area (Å²) >= 11 is 6.45. The molecule has 0 unspecified atom stereocenters. The Morgan fingerprint density at radius 2 is 1.00 bits per heavy atom. The summed E-state index contributed by atoms with van der Waals surface area (Å²) in [7, 11) is 0. The average Bonchev–Trinajstić information content (AvgIpc) is 2.48. The maximum absolute atomic E-state index is 13.9. The number of hydrogen-bond donors (Lipinski definition) is 0. The first-order chi connectivity index (χ1) is 10.6. The van der Waals surface area contributed by atoms with Gasteiger partial charge < -0.3 is 0 Å². The van der Waals surface area contributed by atoms with E-state index in [0.717, 1.165) is 0 Å². The Morgan fingerprint density at radius 1 is 0.636 bits per heavy atom. The van der Waals surface area contributed by atoms with Gasteiger partial charge in [0.25, 0.3) is 0 Å². The lowest BCUT2D eigenvalue weighted by atomic mass is 10.2. The van der Waals surface area contributed by atoms with Crippen LogP contribution in [0.3, 0.4) is 0 Å². The minimum atomic E-state index is -0.502. The molecule has 0 aliphatic rings. The summed E-state index contributed by atoms with van der Waals surface area (Å²) < 4.78 is 28.7. The fourth-order valence-corrected chi connectivity index (χ4v) is 2.89. The largest absolute Gasteiger partial charge is 0.207 e. The van der Waals surface area contributed by atoms with Gasteiger partial charge in [0.1, 0.15) is 11.6 Å². The number of aromatic nitrogens is 4. The minimum absolute atomic E-state index is 0.0150. The number of rotatable bonds is 2. The lowest BCUT2D eigenvalue weighted by molar-refractivity contribution is 0.624. The van der Waals surface area contributed by atoms with Crippen molar-refractivity contribution >= 4 is 31.9 Å². The molecule has 0 spiro atoms. The van der Waals surface area contributed by atoms with E-state index in [1.54, 1.807) is 24.3 Å². The van der Waals surface area contributed by atoms with Crippen LogP contribution in [0.15, 0.2) is 45.3 Å². The molecule has 0 aliphatic heterocycles. The van der Waals surface area contributed by atoms with Crippen LogP contribution >= 0.6 is 31.9 Å². The molecule has 2 aromatic carbocycles. The lowest BCUT2D eigenvalue weighted by Crippen LogP contribution is -2.02. The summed E-state index contributed by atoms with van der Waals surface area (Å²) in [5.74, 6) is -0.974. The Morgan fingerprint density at radius 3 is 1.32 bits per heavy atom. The van der Waals surface area contributed by atoms with Gasteiger partial charge in [-0.1, -0.05) is 12.1 Å². The first kappa shape index (κ1) is 15.1. The summed E-state index contributed by atoms with van der Waals surface area (Å²) in [6, 6.07) is 8.98. The standard InChI is InChI=1S/C14H6Br2F2N4/c15-7-3-1-5-9(17)11(7)13-19-21-14(22-20-13)12-8(16)4-2-6-10(12)18/h1-6H. The molecule has 1 aromatic heterocycles. The van der Waals surface area contributed by atoms with E-state index in [1.165, 1.54) is 12.1 Å². The zero-order valence-corrected chi connectivity index (χ0v) is 13.9. The highest BCUT2D eigenvalue weighted by Gasteiger charge is 2.17. The van der Waals surface area contributed by atoms with Crippen LogP contribution in [0.25, 0.3) is 22.8 Å². The Bertz CT molecular complexity index is 730. The van der Waals surface area contributed by atoms with Crippen LogP contribution in [-0.4, -0.2) is 20.4 Å². The van der Waals surface area contributed by atoms with Crippen LogP contribution in [0.5, 0.6) is 0 Å². The Labute approximate surface area is 140 Å². The molecular formula is C14H6Br2F2N4. The quantitative estimate of drug-likeness (QED) is 0.608. The third-order valence-electron chi connectivity index (χ3n) is 2.85. The Balaban J connectivity index is 2.08. The summed E-state index contributed by atoms with van der Waals surface area (Å²) in [6.45, 7) is 0. The maximum Gasteiger partial charge on any atom is 0.207 e. The van der Waals surface area contributed by atoms with Crippen molar-refractivity contribution in [3.05, 3.63) is 57.0 Å². The molecule has 0 aliphatic carbocycles. The molecule has 3 aromatic rings. The summed E-state index contributed by atoms with van der Waals surface area (Å²) in [5, 5.41) is 15.4. The van der Waals surface area contributed by atoms with E-state index in [-0.39, 0.29) is 22.8 Å². The SMILES string of the molecule is Fc1cccc(Br)c1-c1nnc(-c2c(F)cccc2Br)nn1. The van der Waals surface area contributed by atoms with Gasteiger partial charge in [-0.2, -0.15) is 0 Å². The molecule has 22 heavy (non-hydrogen) atoms. The van der Waals surface area contributed by atoms with Crippen LogP contribution in [-0.2, 0) is 0 Å². The normalized spacial score (nSPS) is 10.7. The molecule has 110 valence electrons. The van der Waals surface area contributed by atoms with E-state index in [2.05, 4.69) is 52.3 Å². The van der Waals surface area contributed by atoms with E-state index in [9.17, 15) is 8.78 Å². The van der Waals surface area contributed by atoms with Gasteiger partial charge in [-0.05, 0) is 56.1 Å². The summed E-state index contributed by atoms with van der Waals surface area (Å²) in [6.07, 6.45) is 0. The third kappa shape index (κ3) is 2.76. The van der Waals surface area contributed by atoms with Gasteiger partial charge in [0.2, 0.25) is 11.6 Å². The molecule has 0 saturated heterocycles. The summed E-state index contributed by atoms with van der Waals surface area (Å²) in [5.41, 5.74) is 0.309. The second kappa shape index (κ2) is 6.13. The predicted octanol–water partition coefficient (Wildman–Crippen LogP) is 4.40. The van der Waals surface area contributed by atoms with Crippen LogP contribution in [0.1, 0.15) is 0 Å².